The Bertz CT molecular complexity index is 1590. The van der Waals surface area contributed by atoms with Crippen molar-refractivity contribution in [2.24, 2.45) is 0 Å². The molecule has 0 bridgehead atoms. The van der Waals surface area contributed by atoms with Crippen LogP contribution < -0.4 is 10.6 Å². The van der Waals surface area contributed by atoms with Gasteiger partial charge in [-0.25, -0.2) is 9.97 Å². The van der Waals surface area contributed by atoms with Crippen LogP contribution in [0.15, 0.2) is 96.4 Å². The maximum atomic E-state index is 12.4. The van der Waals surface area contributed by atoms with E-state index in [4.69, 9.17) is 9.47 Å². The summed E-state index contributed by atoms with van der Waals surface area (Å²) < 4.78 is 13.1. The van der Waals surface area contributed by atoms with Crippen molar-refractivity contribution >= 4 is 23.6 Å². The maximum absolute atomic E-state index is 12.4. The van der Waals surface area contributed by atoms with Gasteiger partial charge in [-0.15, -0.1) is 0 Å². The molecule has 2 amide bonds. The van der Waals surface area contributed by atoms with E-state index in [-0.39, 0.29) is 30.6 Å². The van der Waals surface area contributed by atoms with Crippen LogP contribution >= 0.6 is 11.8 Å². The summed E-state index contributed by atoms with van der Waals surface area (Å²) in [7, 11) is 0. The van der Waals surface area contributed by atoms with E-state index in [0.29, 0.717) is 36.8 Å². The van der Waals surface area contributed by atoms with Crippen LogP contribution in [0.3, 0.4) is 0 Å². The SMILES string of the molecule is CC(=O)NCCCCCC(=O)NCc1cccc(-c2cccc([C@H]3O[C@@H](CSc4ncccn4)C[C@@H](c4ccc(CO)cc4)O3)c2)c1. The lowest BCUT2D eigenvalue weighted by molar-refractivity contribution is -0.245. The number of rotatable bonds is 15. The zero-order valence-corrected chi connectivity index (χ0v) is 27.5. The monoisotopic (exact) mass is 654 g/mol. The Morgan fingerprint density at radius 2 is 1.62 bits per heavy atom. The summed E-state index contributed by atoms with van der Waals surface area (Å²) >= 11 is 1.56. The second-order valence-electron chi connectivity index (χ2n) is 11.6. The van der Waals surface area contributed by atoms with Gasteiger partial charge < -0.3 is 25.2 Å². The molecule has 2 heterocycles. The molecule has 4 aromatic rings. The second-order valence-corrected chi connectivity index (χ2v) is 12.6. The molecule has 0 saturated carbocycles. The standard InChI is InChI=1S/C37H42N4O5S/c1-26(43)38-17-4-2-3-12-35(44)41-23-28-8-5-9-30(20-28)31-10-6-11-32(21-31)36-45-33(25-47-37-39-18-7-19-40-37)22-34(46-36)29-15-13-27(24-42)14-16-29/h5-11,13-16,18-21,33-34,36,42H,2-4,12,17,22-25H2,1H3,(H,38,43)(H,41,44)/t33-,34+,36+/m1/s1. The Morgan fingerprint density at radius 3 is 2.38 bits per heavy atom. The molecular weight excluding hydrogens is 612 g/mol. The van der Waals surface area contributed by atoms with Gasteiger partial charge >= 0.3 is 0 Å². The van der Waals surface area contributed by atoms with E-state index in [0.717, 1.165) is 52.6 Å². The zero-order chi connectivity index (χ0) is 32.8. The minimum Gasteiger partial charge on any atom is -0.392 e. The Labute approximate surface area is 280 Å². The fourth-order valence-corrected chi connectivity index (χ4v) is 6.24. The summed E-state index contributed by atoms with van der Waals surface area (Å²) in [6, 6.07) is 26.1. The molecule has 3 N–H and O–H groups in total. The number of amides is 2. The Hall–Kier alpha value is -4.09. The van der Waals surface area contributed by atoms with Gasteiger partial charge in [0.15, 0.2) is 11.4 Å². The third-order valence-electron chi connectivity index (χ3n) is 7.92. The van der Waals surface area contributed by atoms with Gasteiger partial charge in [-0.3, -0.25) is 9.59 Å². The van der Waals surface area contributed by atoms with Gasteiger partial charge in [0, 0.05) is 56.6 Å². The first-order chi connectivity index (χ1) is 23.0. The highest BCUT2D eigenvalue weighted by molar-refractivity contribution is 7.99. The smallest absolute Gasteiger partial charge is 0.220 e. The molecule has 5 rings (SSSR count). The average molecular weight is 655 g/mol. The quantitative estimate of drug-likeness (QED) is 0.0777. The summed E-state index contributed by atoms with van der Waals surface area (Å²) in [5, 5.41) is 16.0. The third kappa shape index (κ3) is 10.7. The van der Waals surface area contributed by atoms with E-state index in [1.54, 1.807) is 30.2 Å². The molecule has 1 saturated heterocycles. The van der Waals surface area contributed by atoms with Crippen LogP contribution in [-0.2, 0) is 32.2 Å². The lowest BCUT2D eigenvalue weighted by Gasteiger charge is -2.36. The van der Waals surface area contributed by atoms with Crippen LogP contribution in [0.1, 0.15) is 73.7 Å². The van der Waals surface area contributed by atoms with Crippen LogP contribution in [0.2, 0.25) is 0 Å². The molecule has 0 unspecified atom stereocenters. The molecule has 0 aliphatic carbocycles. The van der Waals surface area contributed by atoms with Crippen molar-refractivity contribution in [2.75, 3.05) is 12.3 Å². The Morgan fingerprint density at radius 1 is 0.851 bits per heavy atom. The van der Waals surface area contributed by atoms with E-state index in [9.17, 15) is 14.7 Å². The number of hydrogen-bond acceptors (Lipinski definition) is 8. The van der Waals surface area contributed by atoms with Crippen LogP contribution in [-0.4, -0.2) is 45.3 Å². The van der Waals surface area contributed by atoms with Crippen molar-refractivity contribution in [3.63, 3.8) is 0 Å². The van der Waals surface area contributed by atoms with Gasteiger partial charge in [0.25, 0.3) is 0 Å². The topological polar surface area (TPSA) is 123 Å². The van der Waals surface area contributed by atoms with Crippen LogP contribution in [0.25, 0.3) is 11.1 Å². The Kier molecular flexibility index (Phi) is 12.9. The fraction of sp³-hybridized carbons (Fsp3) is 0.351. The minimum absolute atomic E-state index is 0.00360. The number of aliphatic hydroxyl groups is 1. The number of carbonyl (C=O) groups excluding carboxylic acids is 2. The number of hydrogen-bond donors (Lipinski definition) is 3. The summed E-state index contributed by atoms with van der Waals surface area (Å²) in [5.41, 5.74) is 5.90. The van der Waals surface area contributed by atoms with Gasteiger partial charge in [0.05, 0.1) is 18.8 Å². The van der Waals surface area contributed by atoms with Crippen molar-refractivity contribution in [3.8, 4) is 11.1 Å². The summed E-state index contributed by atoms with van der Waals surface area (Å²) in [4.78, 5) is 32.1. The van der Waals surface area contributed by atoms with Crippen molar-refractivity contribution in [1.29, 1.82) is 0 Å². The summed E-state index contributed by atoms with van der Waals surface area (Å²) in [6.45, 7) is 2.60. The van der Waals surface area contributed by atoms with Crippen LogP contribution in [0.4, 0.5) is 0 Å². The highest BCUT2D eigenvalue weighted by Crippen LogP contribution is 2.40. The van der Waals surface area contributed by atoms with Crippen molar-refractivity contribution in [2.45, 2.75) is 75.8 Å². The van der Waals surface area contributed by atoms with Crippen LogP contribution in [0, 0.1) is 0 Å². The molecule has 0 radical (unpaired) electrons. The molecule has 3 atom stereocenters. The van der Waals surface area contributed by atoms with Crippen molar-refractivity contribution in [1.82, 2.24) is 20.6 Å². The van der Waals surface area contributed by atoms with Crippen molar-refractivity contribution in [3.05, 3.63) is 114 Å². The number of nitrogens with one attached hydrogen (secondary N) is 2. The van der Waals surface area contributed by atoms with E-state index in [1.807, 2.05) is 48.5 Å². The molecule has 0 spiro atoms. The highest BCUT2D eigenvalue weighted by atomic mass is 32.2. The number of thioether (sulfide) groups is 1. The molecule has 1 fully saturated rings. The van der Waals surface area contributed by atoms with E-state index in [2.05, 4.69) is 44.9 Å². The molecule has 10 heteroatoms. The van der Waals surface area contributed by atoms with Crippen LogP contribution in [0.5, 0.6) is 0 Å². The molecule has 47 heavy (non-hydrogen) atoms. The molecule has 1 aliphatic heterocycles. The van der Waals surface area contributed by atoms with E-state index in [1.165, 1.54) is 6.92 Å². The molecule has 246 valence electrons. The number of unbranched alkanes of at least 4 members (excludes halogenated alkanes) is 2. The van der Waals surface area contributed by atoms with Gasteiger partial charge in [-0.1, -0.05) is 78.8 Å². The molecule has 1 aliphatic rings. The van der Waals surface area contributed by atoms with Gasteiger partial charge in [0.2, 0.25) is 11.8 Å². The van der Waals surface area contributed by atoms with Gasteiger partial charge in [-0.05, 0) is 58.9 Å². The molecular formula is C37H42N4O5S. The van der Waals surface area contributed by atoms with E-state index >= 15 is 0 Å². The molecule has 3 aromatic carbocycles. The highest BCUT2D eigenvalue weighted by Gasteiger charge is 2.32. The first kappa shape index (κ1) is 34.3. The van der Waals surface area contributed by atoms with Gasteiger partial charge in [-0.2, -0.15) is 0 Å². The summed E-state index contributed by atoms with van der Waals surface area (Å²) in [6.07, 6.45) is 6.32. The summed E-state index contributed by atoms with van der Waals surface area (Å²) in [5.74, 6) is 0.677. The number of nitrogens with zero attached hydrogens (tertiary/aromatic N) is 2. The number of aromatic nitrogens is 2. The largest absolute Gasteiger partial charge is 0.392 e. The lowest BCUT2D eigenvalue weighted by Crippen LogP contribution is -2.31. The number of aliphatic hydroxyl groups excluding tert-OH is 1. The normalized spacial score (nSPS) is 17.6. The van der Waals surface area contributed by atoms with Crippen molar-refractivity contribution < 1.29 is 24.2 Å². The lowest BCUT2D eigenvalue weighted by atomic mass is 9.99. The average Bonchev–Trinajstić information content (AvgIpc) is 3.11. The number of ether oxygens (including phenoxy) is 2. The zero-order valence-electron chi connectivity index (χ0n) is 26.6. The number of carbonyl (C=O) groups is 2. The molecule has 1 aromatic heterocycles. The first-order valence-electron chi connectivity index (χ1n) is 16.1. The predicted octanol–water partition coefficient (Wildman–Crippen LogP) is 6.29. The molecule has 9 nitrogen and oxygen atoms in total. The van der Waals surface area contributed by atoms with Gasteiger partial charge in [0.1, 0.15) is 0 Å². The predicted molar refractivity (Wildman–Crippen MR) is 182 cm³/mol. The number of benzene rings is 3. The second kappa shape index (κ2) is 17.7. The van der Waals surface area contributed by atoms with E-state index < -0.39 is 6.29 Å². The minimum atomic E-state index is -0.575. The maximum Gasteiger partial charge on any atom is 0.220 e. The third-order valence-corrected chi connectivity index (χ3v) is 8.93. The first-order valence-corrected chi connectivity index (χ1v) is 17.1. The Balaban J connectivity index is 1.23. The fourth-order valence-electron chi connectivity index (χ4n) is 5.42.